The summed E-state index contributed by atoms with van der Waals surface area (Å²) in [6, 6.07) is 14.5. The van der Waals surface area contributed by atoms with Gasteiger partial charge < -0.3 is 25.2 Å². The Morgan fingerprint density at radius 1 is 1.25 bits per heavy atom. The highest BCUT2D eigenvalue weighted by Gasteiger charge is 2.25. The highest BCUT2D eigenvalue weighted by Crippen LogP contribution is 2.30. The van der Waals surface area contributed by atoms with Crippen LogP contribution in [0.3, 0.4) is 0 Å². The lowest BCUT2D eigenvalue weighted by molar-refractivity contribution is 0.415. The summed E-state index contributed by atoms with van der Waals surface area (Å²) in [6.45, 7) is 2.53. The number of aromatic nitrogens is 1. The number of anilines is 2. The smallest absolute Gasteiger partial charge is 0.191 e. The summed E-state index contributed by atoms with van der Waals surface area (Å²) >= 11 is 0. The van der Waals surface area contributed by atoms with E-state index in [1.165, 1.54) is 0 Å². The maximum Gasteiger partial charge on any atom is 0.191 e. The lowest BCUT2D eigenvalue weighted by Crippen LogP contribution is -2.44. The predicted octanol–water partition coefficient (Wildman–Crippen LogP) is 2.10. The first-order valence-corrected chi connectivity index (χ1v) is 9.59. The number of para-hydroxylation sites is 2. The fourth-order valence-corrected chi connectivity index (χ4v) is 3.36. The van der Waals surface area contributed by atoms with Gasteiger partial charge in [-0.05, 0) is 30.7 Å². The monoisotopic (exact) mass is 382 g/mol. The zero-order valence-corrected chi connectivity index (χ0v) is 17.1. The summed E-state index contributed by atoms with van der Waals surface area (Å²) in [5.74, 6) is 2.66. The molecule has 1 saturated heterocycles. The van der Waals surface area contributed by atoms with Gasteiger partial charge in [0.25, 0.3) is 0 Å². The molecule has 2 N–H and O–H groups in total. The second-order valence-corrected chi connectivity index (χ2v) is 7.06. The van der Waals surface area contributed by atoms with Crippen LogP contribution in [0.25, 0.3) is 0 Å². The second-order valence-electron chi connectivity index (χ2n) is 7.06. The molecule has 1 aliphatic heterocycles. The standard InChI is InChI=1S/C21H30N6O/c1-22-21(23-14-16-8-7-11-20(24-16)26(2)3)25-17-12-13-27(15-17)18-9-5-6-10-19(18)28-4/h5-11,17H,12-15H2,1-4H3,(H2,22,23,25). The normalized spacial score (nSPS) is 16.8. The molecule has 0 radical (unpaired) electrons. The minimum Gasteiger partial charge on any atom is -0.495 e. The summed E-state index contributed by atoms with van der Waals surface area (Å²) in [4.78, 5) is 13.4. The first-order valence-electron chi connectivity index (χ1n) is 9.59. The van der Waals surface area contributed by atoms with Crippen LogP contribution in [0.1, 0.15) is 12.1 Å². The Bertz CT molecular complexity index is 807. The summed E-state index contributed by atoms with van der Waals surface area (Å²) in [5, 5.41) is 6.90. The van der Waals surface area contributed by atoms with Crippen LogP contribution < -0.4 is 25.2 Å². The molecule has 7 heteroatoms. The van der Waals surface area contributed by atoms with E-state index in [1.807, 2.05) is 55.4 Å². The number of hydrogen-bond donors (Lipinski definition) is 2. The van der Waals surface area contributed by atoms with Gasteiger partial charge in [-0.15, -0.1) is 0 Å². The van der Waals surface area contributed by atoms with Crippen LogP contribution >= 0.6 is 0 Å². The van der Waals surface area contributed by atoms with Crippen LogP contribution in [-0.4, -0.2) is 58.3 Å². The number of rotatable bonds is 6. The van der Waals surface area contributed by atoms with Gasteiger partial charge in [0.2, 0.25) is 0 Å². The minimum absolute atomic E-state index is 0.331. The van der Waals surface area contributed by atoms with Gasteiger partial charge in [-0.3, -0.25) is 4.99 Å². The number of nitrogens with zero attached hydrogens (tertiary/aromatic N) is 4. The molecule has 0 spiro atoms. The number of ether oxygens (including phenoxy) is 1. The summed E-state index contributed by atoms with van der Waals surface area (Å²) in [5.41, 5.74) is 2.12. The maximum absolute atomic E-state index is 5.50. The van der Waals surface area contributed by atoms with E-state index < -0.39 is 0 Å². The number of aliphatic imine (C=N–C) groups is 1. The second kappa shape index (κ2) is 9.30. The molecule has 1 aromatic carbocycles. The van der Waals surface area contributed by atoms with Crippen molar-refractivity contribution in [2.24, 2.45) is 4.99 Å². The zero-order valence-electron chi connectivity index (χ0n) is 17.1. The number of nitrogens with one attached hydrogen (secondary N) is 2. The summed E-state index contributed by atoms with van der Waals surface area (Å²) < 4.78 is 5.50. The Morgan fingerprint density at radius 2 is 2.07 bits per heavy atom. The largest absolute Gasteiger partial charge is 0.495 e. The fourth-order valence-electron chi connectivity index (χ4n) is 3.36. The van der Waals surface area contributed by atoms with Crippen LogP contribution in [-0.2, 0) is 6.54 Å². The number of hydrogen-bond acceptors (Lipinski definition) is 5. The molecule has 150 valence electrons. The lowest BCUT2D eigenvalue weighted by atomic mass is 10.2. The Morgan fingerprint density at radius 3 is 2.82 bits per heavy atom. The van der Waals surface area contributed by atoms with Gasteiger partial charge in [-0.25, -0.2) is 4.98 Å². The lowest BCUT2D eigenvalue weighted by Gasteiger charge is -2.22. The van der Waals surface area contributed by atoms with Crippen LogP contribution in [0, 0.1) is 0 Å². The highest BCUT2D eigenvalue weighted by atomic mass is 16.5. The third-order valence-corrected chi connectivity index (χ3v) is 4.87. The first kappa shape index (κ1) is 19.8. The average molecular weight is 383 g/mol. The van der Waals surface area contributed by atoms with Gasteiger partial charge in [-0.1, -0.05) is 18.2 Å². The van der Waals surface area contributed by atoms with Crippen molar-refractivity contribution in [3.63, 3.8) is 0 Å². The highest BCUT2D eigenvalue weighted by molar-refractivity contribution is 5.80. The topological polar surface area (TPSA) is 65.0 Å². The van der Waals surface area contributed by atoms with Crippen molar-refractivity contribution in [2.75, 3.05) is 51.1 Å². The van der Waals surface area contributed by atoms with E-state index in [4.69, 9.17) is 4.74 Å². The van der Waals surface area contributed by atoms with Gasteiger partial charge in [0.05, 0.1) is 25.0 Å². The van der Waals surface area contributed by atoms with Crippen LogP contribution in [0.5, 0.6) is 5.75 Å². The Hall–Kier alpha value is -2.96. The van der Waals surface area contributed by atoms with E-state index in [1.54, 1.807) is 14.2 Å². The third-order valence-electron chi connectivity index (χ3n) is 4.87. The van der Waals surface area contributed by atoms with Crippen molar-refractivity contribution in [1.29, 1.82) is 0 Å². The Kier molecular flexibility index (Phi) is 6.57. The minimum atomic E-state index is 0.331. The molecule has 2 aromatic rings. The molecule has 1 atom stereocenters. The number of pyridine rings is 1. The first-order chi connectivity index (χ1) is 13.6. The van der Waals surface area contributed by atoms with Crippen LogP contribution in [0.2, 0.25) is 0 Å². The molecule has 0 aliphatic carbocycles. The summed E-state index contributed by atoms with van der Waals surface area (Å²) in [7, 11) is 7.50. The Labute approximate surface area is 167 Å². The van der Waals surface area contributed by atoms with Crippen molar-refractivity contribution in [1.82, 2.24) is 15.6 Å². The average Bonchev–Trinajstić information content (AvgIpc) is 3.19. The van der Waals surface area contributed by atoms with Crippen molar-refractivity contribution in [2.45, 2.75) is 19.0 Å². The molecule has 3 rings (SSSR count). The van der Waals surface area contributed by atoms with Crippen molar-refractivity contribution in [3.8, 4) is 5.75 Å². The van der Waals surface area contributed by atoms with Gasteiger partial charge in [0, 0.05) is 40.3 Å². The number of guanidine groups is 1. The van der Waals surface area contributed by atoms with Crippen LogP contribution in [0.4, 0.5) is 11.5 Å². The van der Waals surface area contributed by atoms with E-state index in [-0.39, 0.29) is 0 Å². The van der Waals surface area contributed by atoms with E-state index in [9.17, 15) is 0 Å². The van der Waals surface area contributed by atoms with Crippen molar-refractivity contribution < 1.29 is 4.74 Å². The fraction of sp³-hybridized carbons (Fsp3) is 0.429. The quantitative estimate of drug-likeness (QED) is 0.589. The molecular weight excluding hydrogens is 352 g/mol. The molecule has 7 nitrogen and oxygen atoms in total. The van der Waals surface area contributed by atoms with Crippen molar-refractivity contribution in [3.05, 3.63) is 48.2 Å². The van der Waals surface area contributed by atoms with E-state index in [0.29, 0.717) is 12.6 Å². The molecule has 1 unspecified atom stereocenters. The molecule has 0 bridgehead atoms. The maximum atomic E-state index is 5.50. The van der Waals surface area contributed by atoms with E-state index >= 15 is 0 Å². The van der Waals surface area contributed by atoms with Crippen molar-refractivity contribution >= 4 is 17.5 Å². The molecule has 1 aromatic heterocycles. The molecule has 0 saturated carbocycles. The molecule has 28 heavy (non-hydrogen) atoms. The number of methoxy groups -OCH3 is 1. The molecule has 0 amide bonds. The molecular formula is C21H30N6O. The molecule has 1 fully saturated rings. The molecule has 1 aliphatic rings. The van der Waals surface area contributed by atoms with Gasteiger partial charge in [-0.2, -0.15) is 0 Å². The predicted molar refractivity (Wildman–Crippen MR) is 116 cm³/mol. The third kappa shape index (κ3) is 4.85. The van der Waals surface area contributed by atoms with Gasteiger partial charge in [0.15, 0.2) is 5.96 Å². The molecule has 2 heterocycles. The van der Waals surface area contributed by atoms with Crippen LogP contribution in [0.15, 0.2) is 47.5 Å². The van der Waals surface area contributed by atoms with Gasteiger partial charge in [0.1, 0.15) is 11.6 Å². The summed E-state index contributed by atoms with van der Waals surface area (Å²) in [6.07, 6.45) is 1.05. The van der Waals surface area contributed by atoms with Gasteiger partial charge >= 0.3 is 0 Å². The van der Waals surface area contributed by atoms with E-state index in [0.717, 1.165) is 48.4 Å². The Balaban J connectivity index is 1.55. The zero-order chi connectivity index (χ0) is 19.9. The SMILES string of the molecule is CN=C(NCc1cccc(N(C)C)n1)NC1CCN(c2ccccc2OC)C1. The van der Waals surface area contributed by atoms with E-state index in [2.05, 4.69) is 31.6 Å². The number of benzene rings is 1.